The summed E-state index contributed by atoms with van der Waals surface area (Å²) in [6.45, 7) is 1.03. The number of nitrogens with zero attached hydrogens (tertiary/aromatic N) is 3. The van der Waals surface area contributed by atoms with Gasteiger partial charge in [0.1, 0.15) is 24.5 Å². The molecule has 144 valence electrons. The van der Waals surface area contributed by atoms with Crippen molar-refractivity contribution in [1.82, 2.24) is 30.9 Å². The van der Waals surface area contributed by atoms with Crippen molar-refractivity contribution < 1.29 is 9.18 Å². The first kappa shape index (κ1) is 18.3. The summed E-state index contributed by atoms with van der Waals surface area (Å²) in [6, 6.07) is 13.9. The number of benzene rings is 2. The lowest BCUT2D eigenvalue weighted by Crippen LogP contribution is -2.43. The van der Waals surface area contributed by atoms with E-state index in [1.54, 1.807) is 23.1 Å². The van der Waals surface area contributed by atoms with E-state index in [4.69, 9.17) is 0 Å². The van der Waals surface area contributed by atoms with E-state index in [0.29, 0.717) is 19.5 Å². The van der Waals surface area contributed by atoms with Gasteiger partial charge >= 0.3 is 0 Å². The van der Waals surface area contributed by atoms with Gasteiger partial charge in [-0.3, -0.25) is 4.79 Å². The standard InChI is InChI=1S/C20H21FN6O/c21-17-7-5-14(6-8-17)18-9-19(26-25-18)20(28)23-10-15-3-1-2-4-16(15)11-27-13-22-12-24-27/h1-8,12-13,18-19,25-26H,9-11H2,(H,23,28). The van der Waals surface area contributed by atoms with Crippen molar-refractivity contribution in [2.75, 3.05) is 0 Å². The van der Waals surface area contributed by atoms with Crippen molar-refractivity contribution >= 4 is 5.91 Å². The number of nitrogens with one attached hydrogen (secondary N) is 3. The molecule has 1 amide bonds. The number of carbonyl (C=O) groups is 1. The van der Waals surface area contributed by atoms with Crippen LogP contribution in [0.2, 0.25) is 0 Å². The number of carbonyl (C=O) groups excluding carboxylic acids is 1. The van der Waals surface area contributed by atoms with Gasteiger partial charge in [0.15, 0.2) is 0 Å². The topological polar surface area (TPSA) is 83.9 Å². The second-order valence-corrected chi connectivity index (χ2v) is 6.76. The summed E-state index contributed by atoms with van der Waals surface area (Å²) in [7, 11) is 0. The first-order chi connectivity index (χ1) is 13.7. The average Bonchev–Trinajstić information content (AvgIpc) is 3.40. The van der Waals surface area contributed by atoms with Crippen LogP contribution in [0.3, 0.4) is 0 Å². The number of halogens is 1. The summed E-state index contributed by atoms with van der Waals surface area (Å²) >= 11 is 0. The number of hydrazine groups is 1. The van der Waals surface area contributed by atoms with Gasteiger partial charge in [-0.2, -0.15) is 5.10 Å². The van der Waals surface area contributed by atoms with Crippen LogP contribution in [0.15, 0.2) is 61.2 Å². The minimum Gasteiger partial charge on any atom is -0.351 e. The average molecular weight is 380 g/mol. The lowest BCUT2D eigenvalue weighted by Gasteiger charge is -2.13. The first-order valence-electron chi connectivity index (χ1n) is 9.12. The molecule has 2 atom stereocenters. The fraction of sp³-hybridized carbons (Fsp3) is 0.250. The molecule has 1 aliphatic heterocycles. The number of amides is 1. The molecule has 4 rings (SSSR count). The number of hydrogen-bond donors (Lipinski definition) is 3. The summed E-state index contributed by atoms with van der Waals surface area (Å²) in [5.41, 5.74) is 9.20. The van der Waals surface area contributed by atoms with Gasteiger partial charge in [0.05, 0.1) is 6.54 Å². The monoisotopic (exact) mass is 380 g/mol. The maximum absolute atomic E-state index is 13.1. The van der Waals surface area contributed by atoms with Gasteiger partial charge in [0, 0.05) is 12.6 Å². The maximum atomic E-state index is 13.1. The van der Waals surface area contributed by atoms with Crippen molar-refractivity contribution in [2.45, 2.75) is 31.6 Å². The van der Waals surface area contributed by atoms with Crippen LogP contribution in [0.4, 0.5) is 4.39 Å². The molecular formula is C20H21FN6O. The molecule has 3 aromatic rings. The van der Waals surface area contributed by atoms with E-state index in [1.807, 2.05) is 24.3 Å². The van der Waals surface area contributed by atoms with Gasteiger partial charge in [0.2, 0.25) is 5.91 Å². The zero-order chi connectivity index (χ0) is 19.3. The predicted octanol–water partition coefficient (Wildman–Crippen LogP) is 1.69. The Kier molecular flexibility index (Phi) is 5.41. The Hall–Kier alpha value is -3.10. The highest BCUT2D eigenvalue weighted by Gasteiger charge is 2.30. The van der Waals surface area contributed by atoms with E-state index in [9.17, 15) is 9.18 Å². The fourth-order valence-corrected chi connectivity index (χ4v) is 3.32. The quantitative estimate of drug-likeness (QED) is 0.606. The molecule has 3 N–H and O–H groups in total. The SMILES string of the molecule is O=C(NCc1ccccc1Cn1cncn1)C1CC(c2ccc(F)cc2)NN1. The summed E-state index contributed by atoms with van der Waals surface area (Å²) in [6.07, 6.45) is 3.76. The number of hydrogen-bond acceptors (Lipinski definition) is 5. The molecule has 0 aliphatic carbocycles. The smallest absolute Gasteiger partial charge is 0.238 e. The zero-order valence-corrected chi connectivity index (χ0v) is 15.2. The second kappa shape index (κ2) is 8.28. The molecule has 28 heavy (non-hydrogen) atoms. The Bertz CT molecular complexity index is 928. The van der Waals surface area contributed by atoms with Gasteiger partial charge in [-0.05, 0) is 35.2 Å². The minimum absolute atomic E-state index is 0.0315. The van der Waals surface area contributed by atoms with E-state index in [0.717, 1.165) is 16.7 Å². The molecular weight excluding hydrogens is 359 g/mol. The Morgan fingerprint density at radius 2 is 1.93 bits per heavy atom. The first-order valence-corrected chi connectivity index (χ1v) is 9.12. The van der Waals surface area contributed by atoms with E-state index in [1.165, 1.54) is 18.5 Å². The zero-order valence-electron chi connectivity index (χ0n) is 15.2. The maximum Gasteiger partial charge on any atom is 0.238 e. The Morgan fingerprint density at radius 1 is 1.14 bits per heavy atom. The van der Waals surface area contributed by atoms with Crippen LogP contribution in [0.25, 0.3) is 0 Å². The van der Waals surface area contributed by atoms with E-state index in [-0.39, 0.29) is 23.8 Å². The van der Waals surface area contributed by atoms with Gasteiger partial charge in [-0.1, -0.05) is 36.4 Å². The van der Waals surface area contributed by atoms with Crippen molar-refractivity contribution in [3.05, 3.63) is 83.7 Å². The lowest BCUT2D eigenvalue weighted by molar-refractivity contribution is -0.123. The highest BCUT2D eigenvalue weighted by molar-refractivity contribution is 5.82. The van der Waals surface area contributed by atoms with Crippen LogP contribution in [-0.2, 0) is 17.9 Å². The Balaban J connectivity index is 1.34. The van der Waals surface area contributed by atoms with Crippen LogP contribution in [-0.4, -0.2) is 26.7 Å². The number of rotatable bonds is 6. The Labute approximate surface area is 162 Å². The predicted molar refractivity (Wildman–Crippen MR) is 101 cm³/mol. The van der Waals surface area contributed by atoms with Gasteiger partial charge < -0.3 is 5.32 Å². The fourth-order valence-electron chi connectivity index (χ4n) is 3.32. The third-order valence-electron chi connectivity index (χ3n) is 4.86. The molecule has 1 aliphatic rings. The van der Waals surface area contributed by atoms with Crippen molar-refractivity contribution in [2.24, 2.45) is 0 Å². The molecule has 0 spiro atoms. The lowest BCUT2D eigenvalue weighted by atomic mass is 10.0. The highest BCUT2D eigenvalue weighted by atomic mass is 19.1. The highest BCUT2D eigenvalue weighted by Crippen LogP contribution is 2.22. The van der Waals surface area contributed by atoms with Crippen LogP contribution < -0.4 is 16.2 Å². The molecule has 7 nitrogen and oxygen atoms in total. The van der Waals surface area contributed by atoms with E-state index in [2.05, 4.69) is 26.3 Å². The van der Waals surface area contributed by atoms with Gasteiger partial charge in [-0.25, -0.2) is 24.9 Å². The molecule has 0 bridgehead atoms. The largest absolute Gasteiger partial charge is 0.351 e. The van der Waals surface area contributed by atoms with Crippen LogP contribution in [0, 0.1) is 5.82 Å². The normalized spacial score (nSPS) is 18.9. The molecule has 2 heterocycles. The molecule has 1 fully saturated rings. The second-order valence-electron chi connectivity index (χ2n) is 6.76. The molecule has 1 saturated heterocycles. The Morgan fingerprint density at radius 3 is 2.68 bits per heavy atom. The summed E-state index contributed by atoms with van der Waals surface area (Å²) in [5, 5.41) is 7.13. The third kappa shape index (κ3) is 4.24. The van der Waals surface area contributed by atoms with Crippen LogP contribution in [0.5, 0.6) is 0 Å². The minimum atomic E-state index is -0.350. The molecule has 0 radical (unpaired) electrons. The number of aromatic nitrogens is 3. The summed E-state index contributed by atoms with van der Waals surface area (Å²) in [5.74, 6) is -0.346. The van der Waals surface area contributed by atoms with Crippen molar-refractivity contribution in [1.29, 1.82) is 0 Å². The van der Waals surface area contributed by atoms with E-state index < -0.39 is 0 Å². The van der Waals surface area contributed by atoms with Gasteiger partial charge in [-0.15, -0.1) is 0 Å². The summed E-state index contributed by atoms with van der Waals surface area (Å²) in [4.78, 5) is 16.5. The molecule has 0 saturated carbocycles. The molecule has 2 unspecified atom stereocenters. The third-order valence-corrected chi connectivity index (χ3v) is 4.86. The van der Waals surface area contributed by atoms with Crippen LogP contribution >= 0.6 is 0 Å². The summed E-state index contributed by atoms with van der Waals surface area (Å²) < 4.78 is 14.8. The van der Waals surface area contributed by atoms with Gasteiger partial charge in [0.25, 0.3) is 0 Å². The molecule has 8 heteroatoms. The molecule has 1 aromatic heterocycles. The van der Waals surface area contributed by atoms with Crippen molar-refractivity contribution in [3.8, 4) is 0 Å². The molecule has 2 aromatic carbocycles. The van der Waals surface area contributed by atoms with E-state index >= 15 is 0 Å². The van der Waals surface area contributed by atoms with Crippen molar-refractivity contribution in [3.63, 3.8) is 0 Å². The van der Waals surface area contributed by atoms with Crippen LogP contribution in [0.1, 0.15) is 29.2 Å².